The monoisotopic (exact) mass is 590 g/mol. The fourth-order valence-corrected chi connectivity index (χ4v) is 4.83. The summed E-state index contributed by atoms with van der Waals surface area (Å²) in [6, 6.07) is -0.843. The van der Waals surface area contributed by atoms with E-state index in [0.717, 1.165) is 32.1 Å². The van der Waals surface area contributed by atoms with Crippen LogP contribution in [0.15, 0.2) is 48.6 Å². The molecular formula is C37H67NO4. The van der Waals surface area contributed by atoms with Gasteiger partial charge in [0.25, 0.3) is 0 Å². The summed E-state index contributed by atoms with van der Waals surface area (Å²) in [5.41, 5.74) is 0. The molecule has 5 nitrogen and oxygen atoms in total. The number of carbonyl (C=O) groups excluding carboxylic acids is 1. The number of unbranched alkanes of at least 4 members (excludes halogenated alkanes) is 17. The van der Waals surface area contributed by atoms with E-state index in [0.29, 0.717) is 0 Å². The molecule has 0 aliphatic rings. The lowest BCUT2D eigenvalue weighted by atomic mass is 10.1. The van der Waals surface area contributed by atoms with Crippen molar-refractivity contribution in [3.05, 3.63) is 48.6 Å². The van der Waals surface area contributed by atoms with Crippen molar-refractivity contribution in [2.75, 3.05) is 6.61 Å². The second-order valence-corrected chi connectivity index (χ2v) is 11.7. The number of hydrogen-bond donors (Lipinski definition) is 4. The molecule has 0 fully saturated rings. The van der Waals surface area contributed by atoms with E-state index in [4.69, 9.17) is 0 Å². The number of allylic oxidation sites excluding steroid dienone is 6. The van der Waals surface area contributed by atoms with E-state index >= 15 is 0 Å². The van der Waals surface area contributed by atoms with Gasteiger partial charge in [-0.25, -0.2) is 0 Å². The first-order chi connectivity index (χ1) is 20.6. The third-order valence-corrected chi connectivity index (χ3v) is 7.65. The molecule has 0 aliphatic carbocycles. The van der Waals surface area contributed by atoms with Crippen LogP contribution in [0, 0.1) is 0 Å². The maximum atomic E-state index is 12.3. The molecule has 1 amide bonds. The first-order valence-electron chi connectivity index (χ1n) is 17.5. The second-order valence-electron chi connectivity index (χ2n) is 11.7. The summed E-state index contributed by atoms with van der Waals surface area (Å²) in [6.07, 6.45) is 40.0. The van der Waals surface area contributed by atoms with E-state index in [2.05, 4.69) is 43.5 Å². The molecule has 0 rings (SSSR count). The van der Waals surface area contributed by atoms with Gasteiger partial charge in [0.2, 0.25) is 5.91 Å². The first-order valence-corrected chi connectivity index (χ1v) is 17.5. The van der Waals surface area contributed by atoms with Crippen LogP contribution in [0.1, 0.15) is 155 Å². The third-order valence-electron chi connectivity index (χ3n) is 7.65. The van der Waals surface area contributed by atoms with Crippen LogP contribution in [0.25, 0.3) is 0 Å². The molecular weight excluding hydrogens is 522 g/mol. The lowest BCUT2D eigenvalue weighted by Crippen LogP contribution is -2.48. The molecule has 5 heteroatoms. The summed E-state index contributed by atoms with van der Waals surface area (Å²) in [7, 11) is 0. The highest BCUT2D eigenvalue weighted by molar-refractivity contribution is 5.81. The molecule has 0 aromatic rings. The zero-order valence-electron chi connectivity index (χ0n) is 27.4. The van der Waals surface area contributed by atoms with Crippen LogP contribution in [0.2, 0.25) is 0 Å². The molecule has 0 bridgehead atoms. The van der Waals surface area contributed by atoms with E-state index < -0.39 is 30.8 Å². The van der Waals surface area contributed by atoms with Crippen molar-refractivity contribution < 1.29 is 20.1 Å². The van der Waals surface area contributed by atoms with Crippen LogP contribution in [-0.4, -0.2) is 46.1 Å². The normalized spacial score (nSPS) is 14.5. The summed E-state index contributed by atoms with van der Waals surface area (Å²) in [6.45, 7) is 4.09. The number of aliphatic hydroxyl groups excluding tert-OH is 3. The molecule has 0 aromatic carbocycles. The van der Waals surface area contributed by atoms with E-state index in [1.807, 2.05) is 12.2 Å². The zero-order chi connectivity index (χ0) is 30.9. The predicted octanol–water partition coefficient (Wildman–Crippen LogP) is 9.03. The fourth-order valence-electron chi connectivity index (χ4n) is 4.83. The molecule has 0 heterocycles. The van der Waals surface area contributed by atoms with Gasteiger partial charge in [-0.3, -0.25) is 4.79 Å². The standard InChI is InChI=1S/C37H67NO4/c1-3-5-7-9-11-13-15-17-18-19-20-22-23-25-27-29-31-35(40)34(33-39)38-37(42)36(41)32-30-28-26-24-21-16-14-12-10-8-6-4-2/h21-24,28-31,34-36,39-41H,3-20,25-27,32-33H2,1-2H3,(H,38,42)/b23-22+,24-21-,30-28-,31-29+. The average molecular weight is 590 g/mol. The second kappa shape index (κ2) is 32.2. The maximum Gasteiger partial charge on any atom is 0.249 e. The SMILES string of the molecule is CCCCCCCC/C=C\C/C=C\CC(O)C(=O)NC(CO)C(O)/C=C/CC/C=C/CCCCCCCCCCCC. The van der Waals surface area contributed by atoms with E-state index in [-0.39, 0.29) is 6.42 Å². The quantitative estimate of drug-likeness (QED) is 0.0497. The van der Waals surface area contributed by atoms with Gasteiger partial charge in [-0.05, 0) is 44.9 Å². The molecule has 42 heavy (non-hydrogen) atoms. The number of hydrogen-bond acceptors (Lipinski definition) is 4. The molecule has 0 aromatic heterocycles. The van der Waals surface area contributed by atoms with Crippen molar-refractivity contribution in [2.45, 2.75) is 173 Å². The van der Waals surface area contributed by atoms with Gasteiger partial charge < -0.3 is 20.6 Å². The van der Waals surface area contributed by atoms with Crippen molar-refractivity contribution in [3.63, 3.8) is 0 Å². The molecule has 0 aliphatic heterocycles. The molecule has 0 saturated carbocycles. The molecule has 0 radical (unpaired) electrons. The number of nitrogens with one attached hydrogen (secondary N) is 1. The highest BCUT2D eigenvalue weighted by Gasteiger charge is 2.22. The smallest absolute Gasteiger partial charge is 0.249 e. The van der Waals surface area contributed by atoms with Crippen LogP contribution in [-0.2, 0) is 4.79 Å². The molecule has 3 unspecified atom stereocenters. The number of aliphatic hydroxyl groups is 3. The topological polar surface area (TPSA) is 89.8 Å². The van der Waals surface area contributed by atoms with Gasteiger partial charge in [0.15, 0.2) is 0 Å². The van der Waals surface area contributed by atoms with Gasteiger partial charge in [0.05, 0.1) is 18.8 Å². The summed E-state index contributed by atoms with van der Waals surface area (Å²) in [4.78, 5) is 12.3. The Labute approximate surface area is 259 Å². The Balaban J connectivity index is 3.93. The van der Waals surface area contributed by atoms with E-state index in [1.165, 1.54) is 103 Å². The van der Waals surface area contributed by atoms with Gasteiger partial charge in [-0.15, -0.1) is 0 Å². The average Bonchev–Trinajstić information content (AvgIpc) is 2.99. The van der Waals surface area contributed by atoms with Gasteiger partial charge in [-0.2, -0.15) is 0 Å². The summed E-state index contributed by atoms with van der Waals surface area (Å²) < 4.78 is 0. The number of amides is 1. The van der Waals surface area contributed by atoms with Crippen molar-refractivity contribution in [1.82, 2.24) is 5.32 Å². The van der Waals surface area contributed by atoms with Crippen LogP contribution in [0.4, 0.5) is 0 Å². The minimum Gasteiger partial charge on any atom is -0.394 e. The Morgan fingerprint density at radius 3 is 1.60 bits per heavy atom. The van der Waals surface area contributed by atoms with E-state index in [9.17, 15) is 20.1 Å². The molecule has 0 spiro atoms. The Kier molecular flexibility index (Phi) is 30.9. The Hall–Kier alpha value is -1.69. The summed E-state index contributed by atoms with van der Waals surface area (Å²) >= 11 is 0. The largest absolute Gasteiger partial charge is 0.394 e. The van der Waals surface area contributed by atoms with Crippen LogP contribution in [0.3, 0.4) is 0 Å². The third kappa shape index (κ3) is 27.2. The Morgan fingerprint density at radius 1 is 0.595 bits per heavy atom. The summed E-state index contributed by atoms with van der Waals surface area (Å²) in [5.74, 6) is -0.584. The van der Waals surface area contributed by atoms with Crippen LogP contribution >= 0.6 is 0 Å². The predicted molar refractivity (Wildman–Crippen MR) is 181 cm³/mol. The number of rotatable bonds is 30. The van der Waals surface area contributed by atoms with Crippen molar-refractivity contribution in [3.8, 4) is 0 Å². The summed E-state index contributed by atoms with van der Waals surface area (Å²) in [5, 5.41) is 32.7. The highest BCUT2D eigenvalue weighted by atomic mass is 16.3. The van der Waals surface area contributed by atoms with Crippen LogP contribution in [0.5, 0.6) is 0 Å². The van der Waals surface area contributed by atoms with Gasteiger partial charge in [0, 0.05) is 6.42 Å². The maximum absolute atomic E-state index is 12.3. The fraction of sp³-hybridized carbons (Fsp3) is 0.757. The van der Waals surface area contributed by atoms with Crippen molar-refractivity contribution in [2.24, 2.45) is 0 Å². The molecule has 244 valence electrons. The lowest BCUT2D eigenvalue weighted by Gasteiger charge is -2.21. The molecule has 4 N–H and O–H groups in total. The first kappa shape index (κ1) is 40.3. The van der Waals surface area contributed by atoms with Crippen LogP contribution < -0.4 is 5.32 Å². The van der Waals surface area contributed by atoms with Gasteiger partial charge >= 0.3 is 0 Å². The van der Waals surface area contributed by atoms with Gasteiger partial charge in [0.1, 0.15) is 6.10 Å². The van der Waals surface area contributed by atoms with E-state index in [1.54, 1.807) is 12.2 Å². The minimum atomic E-state index is -1.21. The molecule has 3 atom stereocenters. The highest BCUT2D eigenvalue weighted by Crippen LogP contribution is 2.12. The van der Waals surface area contributed by atoms with Crippen molar-refractivity contribution >= 4 is 5.91 Å². The zero-order valence-corrected chi connectivity index (χ0v) is 27.4. The minimum absolute atomic E-state index is 0.201. The Bertz CT molecular complexity index is 700. The number of carbonyl (C=O) groups is 1. The molecule has 0 saturated heterocycles. The Morgan fingerprint density at radius 2 is 1.05 bits per heavy atom. The van der Waals surface area contributed by atoms with Crippen molar-refractivity contribution in [1.29, 1.82) is 0 Å². The lowest BCUT2D eigenvalue weighted by molar-refractivity contribution is -0.131. The van der Waals surface area contributed by atoms with Gasteiger partial charge in [-0.1, -0.05) is 152 Å².